The van der Waals surface area contributed by atoms with Crippen molar-refractivity contribution in [3.8, 4) is 11.5 Å². The summed E-state index contributed by atoms with van der Waals surface area (Å²) in [4.78, 5) is 0.490. The summed E-state index contributed by atoms with van der Waals surface area (Å²) < 4.78 is 30.5. The molecule has 2 aromatic rings. The van der Waals surface area contributed by atoms with E-state index in [2.05, 4.69) is 0 Å². The molecule has 0 fully saturated rings. The van der Waals surface area contributed by atoms with Gasteiger partial charge in [-0.1, -0.05) is 12.1 Å². The standard InChI is InChI=1S/C16H15NO4S/c17-9-11-1-2-12-8-15(22(19,20)16(12)7-11)10-21-14-5-3-13(18)4-6-14/h1-8,18H,9-10,17H2. The number of hydrogen-bond donors (Lipinski definition) is 2. The second-order valence-corrected chi connectivity index (χ2v) is 6.94. The Balaban J connectivity index is 1.83. The fourth-order valence-electron chi connectivity index (χ4n) is 2.27. The highest BCUT2D eigenvalue weighted by atomic mass is 32.2. The van der Waals surface area contributed by atoms with Crippen LogP contribution >= 0.6 is 0 Å². The van der Waals surface area contributed by atoms with Crippen molar-refractivity contribution in [3.05, 3.63) is 58.5 Å². The highest BCUT2D eigenvalue weighted by molar-refractivity contribution is 7.95. The van der Waals surface area contributed by atoms with E-state index >= 15 is 0 Å². The van der Waals surface area contributed by atoms with Gasteiger partial charge in [0.1, 0.15) is 18.1 Å². The minimum atomic E-state index is -3.53. The van der Waals surface area contributed by atoms with Crippen LogP contribution in [0.25, 0.3) is 6.08 Å². The molecule has 0 unspecified atom stereocenters. The van der Waals surface area contributed by atoms with Gasteiger partial charge in [0.25, 0.3) is 0 Å². The maximum absolute atomic E-state index is 12.5. The quantitative estimate of drug-likeness (QED) is 0.901. The second-order valence-electron chi connectivity index (χ2n) is 4.97. The Morgan fingerprint density at radius 2 is 1.82 bits per heavy atom. The van der Waals surface area contributed by atoms with Crippen molar-refractivity contribution in [2.45, 2.75) is 11.4 Å². The van der Waals surface area contributed by atoms with Crippen LogP contribution in [0.3, 0.4) is 0 Å². The number of phenols is 1. The molecule has 3 rings (SSSR count). The number of hydrogen-bond acceptors (Lipinski definition) is 5. The second kappa shape index (κ2) is 5.47. The highest BCUT2D eigenvalue weighted by Crippen LogP contribution is 2.33. The van der Waals surface area contributed by atoms with E-state index in [0.717, 1.165) is 5.56 Å². The molecule has 1 aliphatic rings. The van der Waals surface area contributed by atoms with E-state index in [1.807, 2.05) is 6.07 Å². The minimum absolute atomic E-state index is 0.0558. The predicted molar refractivity (Wildman–Crippen MR) is 83.1 cm³/mol. The van der Waals surface area contributed by atoms with Crippen LogP contribution in [-0.4, -0.2) is 20.1 Å². The number of aromatic hydroxyl groups is 1. The molecule has 1 heterocycles. The molecule has 0 saturated carbocycles. The summed E-state index contributed by atoms with van der Waals surface area (Å²) in [6.07, 6.45) is 1.62. The molecule has 0 atom stereocenters. The number of rotatable bonds is 4. The molecular weight excluding hydrogens is 302 g/mol. The molecule has 0 aromatic heterocycles. The average molecular weight is 317 g/mol. The van der Waals surface area contributed by atoms with Gasteiger partial charge < -0.3 is 15.6 Å². The molecule has 0 radical (unpaired) electrons. The van der Waals surface area contributed by atoms with E-state index in [1.54, 1.807) is 30.3 Å². The Kier molecular flexibility index (Phi) is 3.64. The fourth-order valence-corrected chi connectivity index (χ4v) is 3.79. The van der Waals surface area contributed by atoms with Crippen molar-refractivity contribution in [3.63, 3.8) is 0 Å². The van der Waals surface area contributed by atoms with Crippen LogP contribution in [0.5, 0.6) is 11.5 Å². The molecule has 22 heavy (non-hydrogen) atoms. The van der Waals surface area contributed by atoms with Crippen molar-refractivity contribution in [1.29, 1.82) is 0 Å². The predicted octanol–water partition coefficient (Wildman–Crippen LogP) is 2.06. The van der Waals surface area contributed by atoms with Crippen LogP contribution in [-0.2, 0) is 16.4 Å². The largest absolute Gasteiger partial charge is 0.508 e. The molecule has 0 aliphatic carbocycles. The molecular formula is C16H15NO4S. The van der Waals surface area contributed by atoms with Gasteiger partial charge in [-0.15, -0.1) is 0 Å². The van der Waals surface area contributed by atoms with Crippen LogP contribution < -0.4 is 10.5 Å². The highest BCUT2D eigenvalue weighted by Gasteiger charge is 2.30. The van der Waals surface area contributed by atoms with Gasteiger partial charge in [-0.3, -0.25) is 0 Å². The van der Waals surface area contributed by atoms with Crippen molar-refractivity contribution in [2.24, 2.45) is 5.73 Å². The first-order valence-electron chi connectivity index (χ1n) is 6.71. The summed E-state index contributed by atoms with van der Waals surface area (Å²) in [5, 5.41) is 9.21. The van der Waals surface area contributed by atoms with Crippen molar-refractivity contribution < 1.29 is 18.3 Å². The summed E-state index contributed by atoms with van der Waals surface area (Å²) in [6, 6.07) is 11.3. The summed E-state index contributed by atoms with van der Waals surface area (Å²) in [5.74, 6) is 0.620. The van der Waals surface area contributed by atoms with Gasteiger partial charge in [-0.05, 0) is 47.5 Å². The van der Waals surface area contributed by atoms with E-state index in [1.165, 1.54) is 12.1 Å². The molecule has 2 aromatic carbocycles. The Morgan fingerprint density at radius 3 is 2.50 bits per heavy atom. The third kappa shape index (κ3) is 2.58. The average Bonchev–Trinajstić information content (AvgIpc) is 2.77. The fraction of sp³-hybridized carbons (Fsp3) is 0.125. The molecule has 0 bridgehead atoms. The zero-order valence-electron chi connectivity index (χ0n) is 11.7. The molecule has 0 saturated heterocycles. The molecule has 114 valence electrons. The van der Waals surface area contributed by atoms with E-state index in [4.69, 9.17) is 10.5 Å². The normalized spacial score (nSPS) is 15.2. The molecule has 3 N–H and O–H groups in total. The zero-order chi connectivity index (χ0) is 15.7. The van der Waals surface area contributed by atoms with Crippen LogP contribution in [0.1, 0.15) is 11.1 Å². The molecule has 6 heteroatoms. The van der Waals surface area contributed by atoms with Gasteiger partial charge in [0.15, 0.2) is 0 Å². The van der Waals surface area contributed by atoms with Crippen molar-refractivity contribution >= 4 is 15.9 Å². The van der Waals surface area contributed by atoms with Crippen molar-refractivity contribution in [2.75, 3.05) is 6.61 Å². The molecule has 5 nitrogen and oxygen atoms in total. The van der Waals surface area contributed by atoms with E-state index < -0.39 is 9.84 Å². The maximum Gasteiger partial charge on any atom is 0.206 e. The topological polar surface area (TPSA) is 89.6 Å². The van der Waals surface area contributed by atoms with Gasteiger partial charge in [0.2, 0.25) is 9.84 Å². The smallest absolute Gasteiger partial charge is 0.206 e. The van der Waals surface area contributed by atoms with Gasteiger partial charge in [-0.2, -0.15) is 0 Å². The lowest BCUT2D eigenvalue weighted by Gasteiger charge is -2.08. The number of fused-ring (bicyclic) bond motifs is 1. The maximum atomic E-state index is 12.5. The summed E-state index contributed by atoms with van der Waals surface area (Å²) in [5.41, 5.74) is 6.99. The number of benzene rings is 2. The van der Waals surface area contributed by atoms with Crippen LogP contribution in [0.4, 0.5) is 0 Å². The number of phenolic OH excluding ortho intramolecular Hbond substituents is 1. The first-order valence-corrected chi connectivity index (χ1v) is 8.19. The lowest BCUT2D eigenvalue weighted by molar-refractivity contribution is 0.358. The third-order valence-corrected chi connectivity index (χ3v) is 5.34. The van der Waals surface area contributed by atoms with Gasteiger partial charge in [-0.25, -0.2) is 8.42 Å². The zero-order valence-corrected chi connectivity index (χ0v) is 12.5. The monoisotopic (exact) mass is 317 g/mol. The van der Waals surface area contributed by atoms with Gasteiger partial charge in [0, 0.05) is 6.54 Å². The van der Waals surface area contributed by atoms with E-state index in [0.29, 0.717) is 17.9 Å². The van der Waals surface area contributed by atoms with Crippen LogP contribution in [0.2, 0.25) is 0 Å². The number of sulfone groups is 1. The SMILES string of the molecule is NCc1ccc2c(c1)S(=O)(=O)C(COc1ccc(O)cc1)=C2. The first-order chi connectivity index (χ1) is 10.5. The van der Waals surface area contributed by atoms with Crippen LogP contribution in [0.15, 0.2) is 52.3 Å². The van der Waals surface area contributed by atoms with Gasteiger partial charge >= 0.3 is 0 Å². The van der Waals surface area contributed by atoms with Crippen LogP contribution in [0, 0.1) is 0 Å². The molecule has 0 amide bonds. The van der Waals surface area contributed by atoms with E-state index in [9.17, 15) is 13.5 Å². The lowest BCUT2D eigenvalue weighted by Crippen LogP contribution is -2.09. The molecule has 0 spiro atoms. The lowest BCUT2D eigenvalue weighted by atomic mass is 10.1. The summed E-state index contributed by atoms with van der Waals surface area (Å²) >= 11 is 0. The Hall–Kier alpha value is -2.31. The first kappa shape index (κ1) is 14.6. The number of ether oxygens (including phenoxy) is 1. The molecule has 1 aliphatic heterocycles. The van der Waals surface area contributed by atoms with Gasteiger partial charge in [0.05, 0.1) is 9.80 Å². The summed E-state index contributed by atoms with van der Waals surface area (Å²) in [6.45, 7) is 0.238. The Labute approximate surface area is 128 Å². The minimum Gasteiger partial charge on any atom is -0.508 e. The third-order valence-electron chi connectivity index (χ3n) is 3.48. The number of nitrogens with two attached hydrogens (primary N) is 1. The van der Waals surface area contributed by atoms with E-state index in [-0.39, 0.29) is 22.2 Å². The summed E-state index contributed by atoms with van der Waals surface area (Å²) in [7, 11) is -3.53. The Bertz CT molecular complexity index is 839. The Morgan fingerprint density at radius 1 is 1.09 bits per heavy atom. The van der Waals surface area contributed by atoms with Crippen molar-refractivity contribution in [1.82, 2.24) is 0 Å².